The first-order valence-electron chi connectivity index (χ1n) is 25.5. The highest BCUT2D eigenvalue weighted by Crippen LogP contribution is 2.44. The molecule has 14 rings (SSSR count). The number of hydrogen-bond acceptors (Lipinski definition) is 0. The Hall–Kier alpha value is -9.76. The lowest BCUT2D eigenvalue weighted by atomic mass is 9.95. The number of nitrogens with zero attached hydrogens (tertiary/aromatic N) is 2. The molecule has 0 aliphatic carbocycles. The Labute approximate surface area is 431 Å². The lowest BCUT2D eigenvalue weighted by Crippen LogP contribution is -1.98. The summed E-state index contributed by atoms with van der Waals surface area (Å²) in [5, 5.41) is 4.87. The van der Waals surface area contributed by atoms with Gasteiger partial charge in [0.05, 0.1) is 27.8 Å². The van der Waals surface area contributed by atoms with Crippen LogP contribution in [0.15, 0.2) is 291 Å². The molecule has 0 saturated heterocycles. The van der Waals surface area contributed by atoms with Crippen molar-refractivity contribution in [1.82, 2.24) is 9.13 Å². The molecule has 0 amide bonds. The predicted molar refractivity (Wildman–Crippen MR) is 313 cm³/mol. The second-order valence-electron chi connectivity index (χ2n) is 19.3. The Bertz CT molecular complexity index is 4360. The van der Waals surface area contributed by atoms with Crippen molar-refractivity contribution in [2.75, 3.05) is 0 Å². The molecule has 0 aliphatic heterocycles. The van der Waals surface area contributed by atoms with E-state index in [1.807, 2.05) is 0 Å². The first-order valence-corrected chi connectivity index (χ1v) is 25.5. The lowest BCUT2D eigenvalue weighted by Gasteiger charge is -2.16. The van der Waals surface area contributed by atoms with Gasteiger partial charge in [-0.3, -0.25) is 0 Å². The van der Waals surface area contributed by atoms with Crippen LogP contribution in [0.1, 0.15) is 0 Å². The molecule has 346 valence electrons. The molecule has 0 atom stereocenters. The molecule has 0 unspecified atom stereocenters. The number of fused-ring (bicyclic) bond motifs is 6. The third kappa shape index (κ3) is 7.52. The van der Waals surface area contributed by atoms with E-state index in [1.54, 1.807) is 0 Å². The summed E-state index contributed by atoms with van der Waals surface area (Å²) >= 11 is 0. The Morgan fingerprint density at radius 2 is 0.568 bits per heavy atom. The maximum absolute atomic E-state index is 2.48. The minimum atomic E-state index is 1.13. The fourth-order valence-corrected chi connectivity index (χ4v) is 11.4. The molecule has 0 N–H and O–H groups in total. The van der Waals surface area contributed by atoms with Crippen LogP contribution in [-0.2, 0) is 0 Å². The fourth-order valence-electron chi connectivity index (χ4n) is 11.4. The van der Waals surface area contributed by atoms with E-state index in [1.165, 1.54) is 116 Å². The van der Waals surface area contributed by atoms with Gasteiger partial charge in [-0.25, -0.2) is 0 Å². The summed E-state index contributed by atoms with van der Waals surface area (Å²) in [4.78, 5) is 0. The summed E-state index contributed by atoms with van der Waals surface area (Å²) in [6, 6.07) is 107. The number of hydrogen-bond donors (Lipinski definition) is 0. The minimum absolute atomic E-state index is 1.13. The largest absolute Gasteiger partial charge is 0.309 e. The van der Waals surface area contributed by atoms with Crippen molar-refractivity contribution in [3.63, 3.8) is 0 Å². The van der Waals surface area contributed by atoms with Gasteiger partial charge in [-0.05, 0) is 145 Å². The Balaban J connectivity index is 0.983. The zero-order valence-electron chi connectivity index (χ0n) is 40.6. The number of aromatic nitrogens is 2. The summed E-state index contributed by atoms with van der Waals surface area (Å²) in [5.74, 6) is 0. The van der Waals surface area contributed by atoms with Gasteiger partial charge in [0, 0.05) is 32.8 Å². The lowest BCUT2D eigenvalue weighted by molar-refractivity contribution is 1.18. The Morgan fingerprint density at radius 1 is 0.189 bits per heavy atom. The summed E-state index contributed by atoms with van der Waals surface area (Å²) in [6.45, 7) is 0. The van der Waals surface area contributed by atoms with Gasteiger partial charge in [-0.2, -0.15) is 0 Å². The molecule has 0 radical (unpaired) electrons. The van der Waals surface area contributed by atoms with Crippen molar-refractivity contribution in [3.05, 3.63) is 291 Å². The highest BCUT2D eigenvalue weighted by atomic mass is 15.0. The Morgan fingerprint density at radius 3 is 1.12 bits per heavy atom. The maximum atomic E-state index is 2.48. The molecule has 2 nitrogen and oxygen atoms in total. The average Bonchev–Trinajstić information content (AvgIpc) is 4.00. The first kappa shape index (κ1) is 43.1. The van der Waals surface area contributed by atoms with Gasteiger partial charge in [0.1, 0.15) is 0 Å². The van der Waals surface area contributed by atoms with E-state index in [0.717, 1.165) is 16.9 Å². The van der Waals surface area contributed by atoms with Crippen molar-refractivity contribution in [3.8, 4) is 89.3 Å². The zero-order valence-corrected chi connectivity index (χ0v) is 40.6. The van der Waals surface area contributed by atoms with Gasteiger partial charge in [-0.15, -0.1) is 0 Å². The number of rotatable bonds is 9. The van der Waals surface area contributed by atoms with Crippen molar-refractivity contribution >= 4 is 43.6 Å². The first-order chi connectivity index (χ1) is 36.7. The van der Waals surface area contributed by atoms with Gasteiger partial charge in [0.2, 0.25) is 0 Å². The third-order valence-electron chi connectivity index (χ3n) is 14.9. The quantitative estimate of drug-likeness (QED) is 0.136. The van der Waals surface area contributed by atoms with Crippen LogP contribution in [0.25, 0.3) is 133 Å². The van der Waals surface area contributed by atoms with Crippen LogP contribution in [0.5, 0.6) is 0 Å². The van der Waals surface area contributed by atoms with Crippen LogP contribution >= 0.6 is 0 Å². The van der Waals surface area contributed by atoms with Gasteiger partial charge in [0.25, 0.3) is 0 Å². The molecular weight excluding hydrogens is 893 g/mol. The summed E-state index contributed by atoms with van der Waals surface area (Å²) in [7, 11) is 0. The normalized spacial score (nSPS) is 11.5. The van der Waals surface area contributed by atoms with E-state index in [0.29, 0.717) is 0 Å². The fraction of sp³-hybridized carbons (Fsp3) is 0. The van der Waals surface area contributed by atoms with Crippen LogP contribution in [0.4, 0.5) is 0 Å². The molecule has 0 spiro atoms. The van der Waals surface area contributed by atoms with Crippen molar-refractivity contribution in [2.24, 2.45) is 0 Å². The summed E-state index contributed by atoms with van der Waals surface area (Å²) in [5.41, 5.74) is 23.6. The second-order valence-corrected chi connectivity index (χ2v) is 19.3. The minimum Gasteiger partial charge on any atom is -0.309 e. The van der Waals surface area contributed by atoms with E-state index >= 15 is 0 Å². The monoisotopic (exact) mass is 940 g/mol. The van der Waals surface area contributed by atoms with Gasteiger partial charge < -0.3 is 9.13 Å². The topological polar surface area (TPSA) is 9.86 Å². The van der Waals surface area contributed by atoms with E-state index in [9.17, 15) is 0 Å². The molecule has 74 heavy (non-hydrogen) atoms. The van der Waals surface area contributed by atoms with E-state index < -0.39 is 0 Å². The van der Waals surface area contributed by atoms with Gasteiger partial charge >= 0.3 is 0 Å². The van der Waals surface area contributed by atoms with Crippen LogP contribution in [0.3, 0.4) is 0 Å². The molecule has 0 saturated carbocycles. The van der Waals surface area contributed by atoms with Crippen LogP contribution in [0.2, 0.25) is 0 Å². The van der Waals surface area contributed by atoms with E-state index in [4.69, 9.17) is 0 Å². The maximum Gasteiger partial charge on any atom is 0.0547 e. The molecule has 12 aromatic carbocycles. The predicted octanol–water partition coefficient (Wildman–Crippen LogP) is 19.5. The molecule has 0 aliphatic rings. The molecule has 0 fully saturated rings. The average molecular weight is 941 g/mol. The molecule has 2 heteroatoms. The van der Waals surface area contributed by atoms with E-state index in [2.05, 4.69) is 300 Å². The SMILES string of the molecule is c1ccc(-c2ccc(-n3c4ccc(-c5ccc6c(c5)c5cc(-c7ccccc7)ccc5n6-c5ccc(-c6ccccc6)cc5-c5ccccc5)cc4c4c(-c5cccc(-c6ccccc6)c5)cccc43)cc2)cc1. The number of benzene rings is 12. The van der Waals surface area contributed by atoms with Gasteiger partial charge in [-0.1, -0.05) is 218 Å². The summed E-state index contributed by atoms with van der Waals surface area (Å²) < 4.78 is 4.93. The smallest absolute Gasteiger partial charge is 0.0547 e. The van der Waals surface area contributed by atoms with Crippen molar-refractivity contribution in [1.29, 1.82) is 0 Å². The third-order valence-corrected chi connectivity index (χ3v) is 14.9. The Kier molecular flexibility index (Phi) is 10.6. The highest BCUT2D eigenvalue weighted by Gasteiger charge is 2.21. The molecule has 2 heterocycles. The molecule has 2 aromatic heterocycles. The van der Waals surface area contributed by atoms with Crippen LogP contribution in [0, 0.1) is 0 Å². The van der Waals surface area contributed by atoms with Gasteiger partial charge in [0.15, 0.2) is 0 Å². The van der Waals surface area contributed by atoms with Crippen LogP contribution < -0.4 is 0 Å². The standard InChI is InChI=1S/C72H48N2/c1-6-18-49(19-7-1)53-32-38-61(39-33-53)73-70-43-37-59(48-66(70)72-62(30-17-31-71(72)73)60-29-16-28-55(44-60)50-20-8-2-9-21-50)58-36-42-69-65(47-58)64-46-57(52-24-12-4-13-25-52)35-41-68(64)74(69)67-40-34-56(51-22-10-3-11-23-51)45-63(67)54-26-14-5-15-27-54/h1-48H. The molecule has 0 bridgehead atoms. The zero-order chi connectivity index (χ0) is 49.0. The second kappa shape index (κ2) is 18.1. The molecular formula is C72H48N2. The highest BCUT2D eigenvalue weighted by molar-refractivity contribution is 6.17. The van der Waals surface area contributed by atoms with Crippen molar-refractivity contribution in [2.45, 2.75) is 0 Å². The summed E-state index contributed by atoms with van der Waals surface area (Å²) in [6.07, 6.45) is 0. The van der Waals surface area contributed by atoms with Crippen molar-refractivity contribution < 1.29 is 0 Å². The van der Waals surface area contributed by atoms with E-state index in [-0.39, 0.29) is 0 Å². The van der Waals surface area contributed by atoms with Crippen LogP contribution in [-0.4, -0.2) is 9.13 Å². The molecule has 14 aromatic rings.